The molecule has 1 aromatic heterocycles. The molecule has 0 unspecified atom stereocenters. The van der Waals surface area contributed by atoms with Crippen molar-refractivity contribution in [2.75, 3.05) is 45.9 Å². The Labute approximate surface area is 203 Å². The molecule has 0 spiro atoms. The van der Waals surface area contributed by atoms with E-state index < -0.39 is 10.0 Å². The number of sulfonamides is 1. The van der Waals surface area contributed by atoms with Gasteiger partial charge in [-0.1, -0.05) is 18.2 Å². The third-order valence-electron chi connectivity index (χ3n) is 6.54. The molecule has 3 aromatic rings. The molecule has 0 radical (unpaired) electrons. The Morgan fingerprint density at radius 2 is 1.76 bits per heavy atom. The molecule has 2 aromatic carbocycles. The van der Waals surface area contributed by atoms with Gasteiger partial charge in [-0.2, -0.15) is 0 Å². The van der Waals surface area contributed by atoms with E-state index in [4.69, 9.17) is 4.74 Å². The van der Waals surface area contributed by atoms with Crippen LogP contribution in [-0.4, -0.2) is 75.1 Å². The van der Waals surface area contributed by atoms with Crippen molar-refractivity contribution in [3.05, 3.63) is 60.3 Å². The van der Waals surface area contributed by atoms with Crippen molar-refractivity contribution < 1.29 is 13.2 Å². The van der Waals surface area contributed by atoms with Gasteiger partial charge in [-0.05, 0) is 62.6 Å². The van der Waals surface area contributed by atoms with Gasteiger partial charge in [0.25, 0.3) is 0 Å². The van der Waals surface area contributed by atoms with Gasteiger partial charge < -0.3 is 9.72 Å². The van der Waals surface area contributed by atoms with Crippen molar-refractivity contribution in [2.45, 2.75) is 37.6 Å². The molecule has 1 saturated heterocycles. The van der Waals surface area contributed by atoms with Crippen molar-refractivity contribution >= 4 is 20.9 Å². The van der Waals surface area contributed by atoms with Crippen LogP contribution in [0.2, 0.25) is 0 Å². The summed E-state index contributed by atoms with van der Waals surface area (Å²) in [7, 11) is -3.54. The van der Waals surface area contributed by atoms with Crippen LogP contribution in [0, 0.1) is 0 Å². The monoisotopic (exact) mass is 484 g/mol. The summed E-state index contributed by atoms with van der Waals surface area (Å²) in [6, 6.07) is 15.4. The number of ether oxygens (including phenoxy) is 1. The van der Waals surface area contributed by atoms with Crippen LogP contribution in [-0.2, 0) is 16.4 Å². The third-order valence-corrected chi connectivity index (χ3v) is 8.01. The minimum atomic E-state index is -3.54. The summed E-state index contributed by atoms with van der Waals surface area (Å²) in [5, 5.41) is 1.19. The quantitative estimate of drug-likeness (QED) is 0.408. The van der Waals surface area contributed by atoms with Crippen LogP contribution in [0.25, 0.3) is 10.9 Å². The fraction of sp³-hybridized carbons (Fsp3) is 0.462. The van der Waals surface area contributed by atoms with Crippen LogP contribution in [0.4, 0.5) is 0 Å². The lowest BCUT2D eigenvalue weighted by Crippen LogP contribution is -2.49. The SMILES string of the molecule is CC(C)N1CCN(CCOc2ccc(S(=O)(=O)NCCCc3c[nH]c4ccccc34)cc2)CC1. The maximum Gasteiger partial charge on any atom is 0.240 e. The molecular formula is C26H36N4O3S. The van der Waals surface area contributed by atoms with E-state index in [9.17, 15) is 8.42 Å². The van der Waals surface area contributed by atoms with Gasteiger partial charge in [0.05, 0.1) is 4.90 Å². The molecule has 0 saturated carbocycles. The lowest BCUT2D eigenvalue weighted by atomic mass is 10.1. The number of H-pyrrole nitrogens is 1. The van der Waals surface area contributed by atoms with Gasteiger partial charge in [0.1, 0.15) is 12.4 Å². The summed E-state index contributed by atoms with van der Waals surface area (Å²) < 4.78 is 33.9. The van der Waals surface area contributed by atoms with Crippen LogP contribution in [0.1, 0.15) is 25.8 Å². The molecule has 184 valence electrons. The van der Waals surface area contributed by atoms with E-state index in [1.165, 1.54) is 10.9 Å². The summed E-state index contributed by atoms with van der Waals surface area (Å²) in [5.74, 6) is 0.694. The second-order valence-corrected chi connectivity index (χ2v) is 10.9. The van der Waals surface area contributed by atoms with Crippen LogP contribution in [0.5, 0.6) is 5.75 Å². The summed E-state index contributed by atoms with van der Waals surface area (Å²) in [4.78, 5) is 8.43. The second kappa shape index (κ2) is 11.4. The molecular weight excluding hydrogens is 448 g/mol. The predicted molar refractivity (Wildman–Crippen MR) is 137 cm³/mol. The number of aromatic nitrogens is 1. The first-order chi connectivity index (χ1) is 16.4. The maximum absolute atomic E-state index is 12.6. The molecule has 4 rings (SSSR count). The highest BCUT2D eigenvalue weighted by Gasteiger charge is 2.18. The average molecular weight is 485 g/mol. The van der Waals surface area contributed by atoms with E-state index >= 15 is 0 Å². The fourth-order valence-corrected chi connectivity index (χ4v) is 5.49. The Balaban J connectivity index is 1.19. The standard InChI is InChI=1S/C26H36N4O3S/c1-21(2)30-16-14-29(15-17-30)18-19-33-23-9-11-24(12-10-23)34(31,32)28-13-5-6-22-20-27-26-8-4-3-7-25(22)26/h3-4,7-12,20-21,27-28H,5-6,13-19H2,1-2H3. The summed E-state index contributed by atoms with van der Waals surface area (Å²) >= 11 is 0. The van der Waals surface area contributed by atoms with Gasteiger partial charge in [-0.15, -0.1) is 0 Å². The highest BCUT2D eigenvalue weighted by atomic mass is 32.2. The van der Waals surface area contributed by atoms with E-state index in [2.05, 4.69) is 39.4 Å². The molecule has 34 heavy (non-hydrogen) atoms. The molecule has 0 atom stereocenters. The lowest BCUT2D eigenvalue weighted by molar-refractivity contribution is 0.0971. The topological polar surface area (TPSA) is 77.7 Å². The molecule has 1 aliphatic heterocycles. The summed E-state index contributed by atoms with van der Waals surface area (Å²) in [5.41, 5.74) is 2.31. The third kappa shape index (κ3) is 6.39. The van der Waals surface area contributed by atoms with Gasteiger partial charge in [0.15, 0.2) is 0 Å². The summed E-state index contributed by atoms with van der Waals surface area (Å²) in [6.45, 7) is 10.7. The first-order valence-corrected chi connectivity index (χ1v) is 13.6. The normalized spacial score (nSPS) is 15.9. The number of aromatic amines is 1. The van der Waals surface area contributed by atoms with Crippen molar-refractivity contribution in [1.29, 1.82) is 0 Å². The maximum atomic E-state index is 12.6. The van der Waals surface area contributed by atoms with Gasteiger partial charge in [-0.3, -0.25) is 9.80 Å². The first-order valence-electron chi connectivity index (χ1n) is 12.2. The molecule has 2 heterocycles. The van der Waals surface area contributed by atoms with Crippen LogP contribution >= 0.6 is 0 Å². The molecule has 2 N–H and O–H groups in total. The molecule has 0 aliphatic carbocycles. The van der Waals surface area contributed by atoms with E-state index in [1.807, 2.05) is 24.4 Å². The highest BCUT2D eigenvalue weighted by Crippen LogP contribution is 2.19. The highest BCUT2D eigenvalue weighted by molar-refractivity contribution is 7.89. The number of hydrogen-bond acceptors (Lipinski definition) is 5. The zero-order valence-corrected chi connectivity index (χ0v) is 21.0. The van der Waals surface area contributed by atoms with E-state index in [1.54, 1.807) is 24.3 Å². The zero-order valence-electron chi connectivity index (χ0n) is 20.2. The minimum absolute atomic E-state index is 0.261. The van der Waals surface area contributed by atoms with Crippen molar-refractivity contribution in [2.24, 2.45) is 0 Å². The molecule has 0 bridgehead atoms. The Bertz CT molecular complexity index is 1150. The van der Waals surface area contributed by atoms with Crippen LogP contribution in [0.3, 0.4) is 0 Å². The minimum Gasteiger partial charge on any atom is -0.492 e. The fourth-order valence-electron chi connectivity index (χ4n) is 4.42. The Hall–Kier alpha value is -2.39. The lowest BCUT2D eigenvalue weighted by Gasteiger charge is -2.36. The van der Waals surface area contributed by atoms with Crippen molar-refractivity contribution in [1.82, 2.24) is 19.5 Å². The Morgan fingerprint density at radius 3 is 2.50 bits per heavy atom. The van der Waals surface area contributed by atoms with Gasteiger partial charge in [0.2, 0.25) is 10.0 Å². The number of nitrogens with zero attached hydrogens (tertiary/aromatic N) is 2. The number of aryl methyl sites for hydroxylation is 1. The first kappa shape index (κ1) is 24.7. The van der Waals surface area contributed by atoms with Gasteiger partial charge in [-0.25, -0.2) is 13.1 Å². The Morgan fingerprint density at radius 1 is 1.03 bits per heavy atom. The van der Waals surface area contributed by atoms with Crippen LogP contribution in [0.15, 0.2) is 59.6 Å². The number of nitrogens with one attached hydrogen (secondary N) is 2. The molecule has 1 aliphatic rings. The predicted octanol–water partition coefficient (Wildman–Crippen LogP) is 3.48. The largest absolute Gasteiger partial charge is 0.492 e. The van der Waals surface area contributed by atoms with E-state index in [0.29, 0.717) is 24.9 Å². The molecule has 7 nitrogen and oxygen atoms in total. The van der Waals surface area contributed by atoms with E-state index in [-0.39, 0.29) is 4.90 Å². The molecule has 0 amide bonds. The smallest absolute Gasteiger partial charge is 0.240 e. The second-order valence-electron chi connectivity index (χ2n) is 9.15. The number of rotatable bonds is 11. The van der Waals surface area contributed by atoms with Gasteiger partial charge in [0, 0.05) is 62.4 Å². The number of piperazine rings is 1. The van der Waals surface area contributed by atoms with Gasteiger partial charge >= 0.3 is 0 Å². The molecule has 1 fully saturated rings. The molecule has 8 heteroatoms. The van der Waals surface area contributed by atoms with Crippen LogP contribution < -0.4 is 9.46 Å². The number of hydrogen-bond donors (Lipinski definition) is 2. The number of benzene rings is 2. The van der Waals surface area contributed by atoms with Crippen molar-refractivity contribution in [3.63, 3.8) is 0 Å². The number of fused-ring (bicyclic) bond motifs is 1. The zero-order chi connectivity index (χ0) is 24.0. The van der Waals surface area contributed by atoms with Crippen molar-refractivity contribution in [3.8, 4) is 5.75 Å². The summed E-state index contributed by atoms with van der Waals surface area (Å²) in [6.07, 6.45) is 3.54. The van der Waals surface area contributed by atoms with E-state index in [0.717, 1.165) is 51.1 Å². The average Bonchev–Trinajstić information content (AvgIpc) is 3.26. The Kier molecular flexibility index (Phi) is 8.26. The number of para-hydroxylation sites is 1.